The summed E-state index contributed by atoms with van der Waals surface area (Å²) in [6, 6.07) is 14.3. The number of piperidine rings is 1. The van der Waals surface area contributed by atoms with Crippen LogP contribution in [0.3, 0.4) is 0 Å². The predicted molar refractivity (Wildman–Crippen MR) is 132 cm³/mol. The Morgan fingerprint density at radius 1 is 1.06 bits per heavy atom. The molecule has 2 amide bonds. The van der Waals surface area contributed by atoms with Crippen LogP contribution >= 0.6 is 0 Å². The molecule has 0 bridgehead atoms. The predicted octanol–water partition coefficient (Wildman–Crippen LogP) is 3.92. The Balaban J connectivity index is 1.52. The molecule has 4 rings (SSSR count). The number of likely N-dealkylation sites (tertiary alicyclic amines) is 1. The van der Waals surface area contributed by atoms with Gasteiger partial charge in [0.1, 0.15) is 6.54 Å². The van der Waals surface area contributed by atoms with Gasteiger partial charge in [0.2, 0.25) is 5.91 Å². The van der Waals surface area contributed by atoms with Crippen molar-refractivity contribution < 1.29 is 19.1 Å². The first-order chi connectivity index (χ1) is 16.4. The minimum Gasteiger partial charge on any atom is -0.469 e. The summed E-state index contributed by atoms with van der Waals surface area (Å²) >= 11 is 0. The van der Waals surface area contributed by atoms with Crippen LogP contribution in [0.15, 0.2) is 54.2 Å². The summed E-state index contributed by atoms with van der Waals surface area (Å²) in [5.41, 5.74) is 5.15. The van der Waals surface area contributed by atoms with E-state index in [-0.39, 0.29) is 24.8 Å². The Labute approximate surface area is 200 Å². The quantitative estimate of drug-likeness (QED) is 0.683. The molecule has 1 saturated heterocycles. The van der Waals surface area contributed by atoms with Gasteiger partial charge in [0.05, 0.1) is 24.9 Å². The molecular weight excluding hydrogens is 430 g/mol. The van der Waals surface area contributed by atoms with Crippen LogP contribution in [0.5, 0.6) is 0 Å². The summed E-state index contributed by atoms with van der Waals surface area (Å²) in [5.74, 6) is -0.401. The first kappa shape index (κ1) is 23.5. The van der Waals surface area contributed by atoms with E-state index in [1.807, 2.05) is 36.9 Å². The molecule has 1 N–H and O–H groups in total. The number of methoxy groups -OCH3 is 1. The molecule has 0 radical (unpaired) electrons. The van der Waals surface area contributed by atoms with Gasteiger partial charge in [-0.05, 0) is 61.4 Å². The molecule has 178 valence electrons. The van der Waals surface area contributed by atoms with E-state index in [0.29, 0.717) is 36.1 Å². The molecule has 7 nitrogen and oxygen atoms in total. The summed E-state index contributed by atoms with van der Waals surface area (Å²) in [4.78, 5) is 41.6. The minimum atomic E-state index is -0.442. The molecule has 0 aromatic heterocycles. The lowest BCUT2D eigenvalue weighted by Crippen LogP contribution is -2.45. The molecule has 0 spiro atoms. The minimum absolute atomic E-state index is 0.0476. The number of esters is 1. The van der Waals surface area contributed by atoms with E-state index < -0.39 is 5.97 Å². The van der Waals surface area contributed by atoms with Crippen molar-refractivity contribution in [3.63, 3.8) is 0 Å². The second-order valence-electron chi connectivity index (χ2n) is 8.99. The maximum absolute atomic E-state index is 13.3. The van der Waals surface area contributed by atoms with E-state index in [2.05, 4.69) is 29.6 Å². The monoisotopic (exact) mass is 461 g/mol. The van der Waals surface area contributed by atoms with E-state index >= 15 is 0 Å². The lowest BCUT2D eigenvalue weighted by Gasteiger charge is -2.34. The van der Waals surface area contributed by atoms with Crippen LogP contribution in [-0.2, 0) is 19.1 Å². The van der Waals surface area contributed by atoms with Crippen LogP contribution in [-0.4, -0.2) is 49.4 Å². The number of fused-ring (bicyclic) bond motifs is 1. The maximum Gasteiger partial charge on any atom is 0.311 e. The lowest BCUT2D eigenvalue weighted by atomic mass is 9.89. The third-order valence-corrected chi connectivity index (χ3v) is 6.74. The highest BCUT2D eigenvalue weighted by atomic mass is 16.5. The van der Waals surface area contributed by atoms with Crippen LogP contribution in [0.25, 0.3) is 0 Å². The van der Waals surface area contributed by atoms with E-state index in [4.69, 9.17) is 4.74 Å². The molecular formula is C27H31N3O4. The number of nitrogens with one attached hydrogen (secondary N) is 1. The highest BCUT2D eigenvalue weighted by Crippen LogP contribution is 2.34. The maximum atomic E-state index is 13.3. The number of benzene rings is 2. The number of hydrogen-bond donors (Lipinski definition) is 1. The number of carbonyl (C=O) groups excluding carboxylic acids is 3. The van der Waals surface area contributed by atoms with Crippen molar-refractivity contribution in [1.82, 2.24) is 4.90 Å². The summed E-state index contributed by atoms with van der Waals surface area (Å²) in [5, 5.41) is 3.20. The van der Waals surface area contributed by atoms with Crippen molar-refractivity contribution in [1.29, 1.82) is 0 Å². The first-order valence-corrected chi connectivity index (χ1v) is 11.7. The van der Waals surface area contributed by atoms with E-state index in [9.17, 15) is 14.4 Å². The normalized spacial score (nSPS) is 16.3. The second-order valence-corrected chi connectivity index (χ2v) is 8.99. The van der Waals surface area contributed by atoms with Gasteiger partial charge in [0.15, 0.2) is 0 Å². The molecule has 2 aromatic rings. The van der Waals surface area contributed by atoms with E-state index in [0.717, 1.165) is 24.0 Å². The van der Waals surface area contributed by atoms with Crippen molar-refractivity contribution >= 4 is 29.2 Å². The zero-order valence-electron chi connectivity index (χ0n) is 20.0. The first-order valence-electron chi connectivity index (χ1n) is 11.7. The Morgan fingerprint density at radius 3 is 2.41 bits per heavy atom. The van der Waals surface area contributed by atoms with Crippen LogP contribution in [0, 0.1) is 13.8 Å². The number of nitrogens with zero attached hydrogens (tertiary/aromatic N) is 2. The molecule has 0 aliphatic carbocycles. The van der Waals surface area contributed by atoms with Crippen LogP contribution < -0.4 is 10.2 Å². The number of anilines is 2. The highest BCUT2D eigenvalue weighted by molar-refractivity contribution is 6.09. The Kier molecular flexibility index (Phi) is 7.01. The number of ether oxygens (including phenoxy) is 1. The van der Waals surface area contributed by atoms with Gasteiger partial charge in [0, 0.05) is 24.9 Å². The standard InChI is InChI=1S/C27H31N3O4/c1-18-13-23-24(14-19(18)2)30(25(31)15-22(28-23)16-27(33)34-3)17-26(32)29-11-9-21(10-12-29)20-7-5-4-6-8-20/h4-8,13-15,21,28H,9-12,16-17H2,1-3H3. The van der Waals surface area contributed by atoms with Gasteiger partial charge in [-0.1, -0.05) is 30.3 Å². The number of rotatable bonds is 5. The summed E-state index contributed by atoms with van der Waals surface area (Å²) in [7, 11) is 1.31. The average molecular weight is 462 g/mol. The number of amides is 2. The summed E-state index contributed by atoms with van der Waals surface area (Å²) in [6.45, 7) is 5.25. The van der Waals surface area contributed by atoms with Gasteiger partial charge in [-0.25, -0.2) is 0 Å². The third-order valence-electron chi connectivity index (χ3n) is 6.74. The van der Waals surface area contributed by atoms with E-state index in [1.54, 1.807) is 0 Å². The zero-order valence-corrected chi connectivity index (χ0v) is 20.0. The van der Waals surface area contributed by atoms with Gasteiger partial charge in [0.25, 0.3) is 5.91 Å². The van der Waals surface area contributed by atoms with Crippen molar-refractivity contribution in [2.45, 2.75) is 39.0 Å². The van der Waals surface area contributed by atoms with Gasteiger partial charge in [-0.15, -0.1) is 0 Å². The van der Waals surface area contributed by atoms with Gasteiger partial charge in [-0.3, -0.25) is 19.3 Å². The van der Waals surface area contributed by atoms with Crippen molar-refractivity contribution in [3.8, 4) is 0 Å². The Bertz CT molecular complexity index is 1120. The van der Waals surface area contributed by atoms with E-state index in [1.165, 1.54) is 23.6 Å². The third kappa shape index (κ3) is 5.14. The lowest BCUT2D eigenvalue weighted by molar-refractivity contribution is -0.139. The Morgan fingerprint density at radius 2 is 1.74 bits per heavy atom. The van der Waals surface area contributed by atoms with Crippen LogP contribution in [0.2, 0.25) is 0 Å². The molecule has 0 saturated carbocycles. The fraction of sp³-hybridized carbons (Fsp3) is 0.370. The van der Waals surface area contributed by atoms with Gasteiger partial charge >= 0.3 is 5.97 Å². The molecule has 2 heterocycles. The second kappa shape index (κ2) is 10.1. The molecule has 1 fully saturated rings. The largest absolute Gasteiger partial charge is 0.469 e. The molecule has 2 aliphatic rings. The molecule has 2 aromatic carbocycles. The van der Waals surface area contributed by atoms with Crippen molar-refractivity contribution in [2.24, 2.45) is 0 Å². The summed E-state index contributed by atoms with van der Waals surface area (Å²) in [6.07, 6.45) is 3.15. The topological polar surface area (TPSA) is 79.0 Å². The van der Waals surface area contributed by atoms with Gasteiger partial charge < -0.3 is 15.0 Å². The smallest absolute Gasteiger partial charge is 0.311 e. The molecule has 0 atom stereocenters. The molecule has 7 heteroatoms. The highest BCUT2D eigenvalue weighted by Gasteiger charge is 2.29. The van der Waals surface area contributed by atoms with Gasteiger partial charge in [-0.2, -0.15) is 0 Å². The fourth-order valence-electron chi connectivity index (χ4n) is 4.59. The summed E-state index contributed by atoms with van der Waals surface area (Å²) < 4.78 is 4.77. The zero-order chi connectivity index (χ0) is 24.2. The van der Waals surface area contributed by atoms with Crippen molar-refractivity contribution in [3.05, 3.63) is 70.9 Å². The fourth-order valence-corrected chi connectivity index (χ4v) is 4.59. The number of aryl methyl sites for hydroxylation is 2. The Hall–Kier alpha value is -3.61. The van der Waals surface area contributed by atoms with Crippen LogP contribution in [0.1, 0.15) is 41.9 Å². The van der Waals surface area contributed by atoms with Crippen molar-refractivity contribution in [2.75, 3.05) is 37.0 Å². The van der Waals surface area contributed by atoms with Crippen LogP contribution in [0.4, 0.5) is 11.4 Å². The molecule has 34 heavy (non-hydrogen) atoms. The molecule has 2 aliphatic heterocycles. The number of hydrogen-bond acceptors (Lipinski definition) is 5. The SMILES string of the molecule is COC(=O)CC1=CC(=O)N(CC(=O)N2CCC(c3ccccc3)CC2)c2cc(C)c(C)cc2N1. The molecule has 0 unspecified atom stereocenters. The number of carbonyl (C=O) groups is 3. The average Bonchev–Trinajstić information content (AvgIpc) is 2.96.